The van der Waals surface area contributed by atoms with Crippen LogP contribution in [-0.4, -0.2) is 23.2 Å². The molecule has 2 heterocycles. The van der Waals surface area contributed by atoms with Crippen LogP contribution in [0.15, 0.2) is 85.2 Å². The van der Waals surface area contributed by atoms with Crippen LogP contribution >= 0.6 is 0 Å². The summed E-state index contributed by atoms with van der Waals surface area (Å²) in [7, 11) is 0. The van der Waals surface area contributed by atoms with E-state index in [0.717, 1.165) is 81.2 Å². The summed E-state index contributed by atoms with van der Waals surface area (Å²) >= 11 is 0. The average molecular weight is 533 g/mol. The first-order valence-electron chi connectivity index (χ1n) is 14.9. The van der Waals surface area contributed by atoms with Gasteiger partial charge in [-0.15, -0.1) is 0 Å². The lowest BCUT2D eigenvalue weighted by Gasteiger charge is -2.19. The molecular formula is C36H40N2O2. The van der Waals surface area contributed by atoms with Gasteiger partial charge in [-0.3, -0.25) is 9.97 Å². The van der Waals surface area contributed by atoms with Crippen LogP contribution in [0.25, 0.3) is 44.1 Å². The number of hydrogen-bond acceptors (Lipinski definition) is 4. The van der Waals surface area contributed by atoms with Gasteiger partial charge in [-0.1, -0.05) is 113 Å². The Kier molecular flexibility index (Phi) is 9.63. The number of unbranched alkanes of at least 4 members (excludes halogenated alkanes) is 6. The summed E-state index contributed by atoms with van der Waals surface area (Å²) in [5.41, 5.74) is 6.05. The third-order valence-corrected chi connectivity index (χ3v) is 7.40. The zero-order valence-corrected chi connectivity index (χ0v) is 23.9. The van der Waals surface area contributed by atoms with Gasteiger partial charge in [-0.05, 0) is 36.1 Å². The zero-order valence-electron chi connectivity index (χ0n) is 23.9. The van der Waals surface area contributed by atoms with Crippen molar-refractivity contribution in [1.82, 2.24) is 9.97 Å². The molecule has 0 bridgehead atoms. The molecule has 0 saturated heterocycles. The van der Waals surface area contributed by atoms with E-state index in [1.54, 1.807) is 0 Å². The molecule has 4 heteroatoms. The minimum atomic E-state index is 0.647. The fourth-order valence-corrected chi connectivity index (χ4v) is 5.17. The minimum absolute atomic E-state index is 0.647. The van der Waals surface area contributed by atoms with Crippen molar-refractivity contribution in [1.29, 1.82) is 0 Å². The number of benzene rings is 3. The van der Waals surface area contributed by atoms with E-state index in [0.29, 0.717) is 13.2 Å². The highest BCUT2D eigenvalue weighted by atomic mass is 16.5. The first-order chi connectivity index (χ1) is 19.8. The molecule has 206 valence electrons. The van der Waals surface area contributed by atoms with Gasteiger partial charge in [-0.2, -0.15) is 0 Å². The van der Waals surface area contributed by atoms with Gasteiger partial charge in [0.25, 0.3) is 0 Å². The maximum atomic E-state index is 6.63. The molecule has 0 fully saturated rings. The van der Waals surface area contributed by atoms with Gasteiger partial charge in [0.1, 0.15) is 11.0 Å². The quantitative estimate of drug-likeness (QED) is 0.105. The first kappa shape index (κ1) is 27.6. The molecule has 0 atom stereocenters. The minimum Gasteiger partial charge on any atom is -0.489 e. The van der Waals surface area contributed by atoms with Crippen molar-refractivity contribution in [3.63, 3.8) is 0 Å². The van der Waals surface area contributed by atoms with Crippen LogP contribution in [0.3, 0.4) is 0 Å². The van der Waals surface area contributed by atoms with Gasteiger partial charge in [0.05, 0.1) is 13.2 Å². The van der Waals surface area contributed by atoms with E-state index in [4.69, 9.17) is 19.4 Å². The van der Waals surface area contributed by atoms with Gasteiger partial charge in [0.15, 0.2) is 11.5 Å². The molecule has 0 radical (unpaired) electrons. The Labute approximate surface area is 238 Å². The third kappa shape index (κ3) is 6.44. The highest BCUT2D eigenvalue weighted by Gasteiger charge is 2.21. The Hall–Kier alpha value is -3.92. The second-order valence-corrected chi connectivity index (χ2v) is 10.4. The molecule has 0 spiro atoms. The summed E-state index contributed by atoms with van der Waals surface area (Å²) in [4.78, 5) is 9.94. The fourth-order valence-electron chi connectivity index (χ4n) is 5.17. The number of ether oxygens (including phenoxy) is 2. The smallest absolute Gasteiger partial charge is 0.171 e. The van der Waals surface area contributed by atoms with Crippen LogP contribution in [0.2, 0.25) is 0 Å². The molecule has 0 aliphatic rings. The molecular weight excluding hydrogens is 492 g/mol. The summed E-state index contributed by atoms with van der Waals surface area (Å²) in [5.74, 6) is 1.57. The van der Waals surface area contributed by atoms with E-state index in [2.05, 4.69) is 74.5 Å². The number of aromatic nitrogens is 2. The van der Waals surface area contributed by atoms with Crippen molar-refractivity contribution in [2.75, 3.05) is 13.2 Å². The molecule has 5 aromatic rings. The summed E-state index contributed by atoms with van der Waals surface area (Å²) in [5, 5.41) is 1.90. The molecule has 40 heavy (non-hydrogen) atoms. The molecule has 0 unspecified atom stereocenters. The molecule has 2 aromatic heterocycles. The summed E-state index contributed by atoms with van der Waals surface area (Å²) < 4.78 is 13.3. The highest BCUT2D eigenvalue weighted by molar-refractivity contribution is 6.11. The molecule has 5 rings (SSSR count). The van der Waals surface area contributed by atoms with E-state index >= 15 is 0 Å². The molecule has 0 saturated carbocycles. The molecule has 4 nitrogen and oxygen atoms in total. The number of nitrogens with zero attached hydrogens (tertiary/aromatic N) is 2. The van der Waals surface area contributed by atoms with E-state index in [-0.39, 0.29) is 0 Å². The van der Waals surface area contributed by atoms with Gasteiger partial charge in [0, 0.05) is 34.3 Å². The van der Waals surface area contributed by atoms with Crippen LogP contribution in [0, 0.1) is 0 Å². The van der Waals surface area contributed by atoms with Crippen molar-refractivity contribution in [3.05, 3.63) is 85.2 Å². The van der Waals surface area contributed by atoms with Crippen LogP contribution in [0.5, 0.6) is 11.5 Å². The maximum absolute atomic E-state index is 6.63. The van der Waals surface area contributed by atoms with Crippen LogP contribution in [0.1, 0.15) is 65.2 Å². The number of pyridine rings is 2. The fraction of sp³-hybridized carbons (Fsp3) is 0.333. The third-order valence-electron chi connectivity index (χ3n) is 7.40. The second-order valence-electron chi connectivity index (χ2n) is 10.4. The predicted octanol–water partition coefficient (Wildman–Crippen LogP) is 10.0. The normalized spacial score (nSPS) is 11.2. The summed E-state index contributed by atoms with van der Waals surface area (Å²) in [6.45, 7) is 5.76. The standard InChI is InChI=1S/C36H40N2O2/c1-3-5-7-15-21-39-35-31-23-29(27-17-11-9-12-18-27)25-37-33(31)34-32(36(35)40-22-16-8-6-4-2)24-30(26-38-34)28-19-13-10-14-20-28/h9-14,17-20,23-26H,3-8,15-16,21-22H2,1-2H3. The monoisotopic (exact) mass is 532 g/mol. The molecule has 0 amide bonds. The highest BCUT2D eigenvalue weighted by Crippen LogP contribution is 2.44. The van der Waals surface area contributed by atoms with Crippen molar-refractivity contribution in [2.45, 2.75) is 65.2 Å². The Morgan fingerprint density at radius 3 is 1.32 bits per heavy atom. The molecule has 0 aliphatic carbocycles. The Bertz CT molecular complexity index is 1400. The lowest BCUT2D eigenvalue weighted by molar-refractivity contribution is 0.264. The van der Waals surface area contributed by atoms with Crippen LogP contribution in [-0.2, 0) is 0 Å². The number of fused-ring (bicyclic) bond motifs is 3. The predicted molar refractivity (Wildman–Crippen MR) is 167 cm³/mol. The van der Waals surface area contributed by atoms with Gasteiger partial charge >= 0.3 is 0 Å². The topological polar surface area (TPSA) is 44.2 Å². The average Bonchev–Trinajstić information content (AvgIpc) is 3.02. The Morgan fingerprint density at radius 2 is 0.925 bits per heavy atom. The number of rotatable bonds is 14. The van der Waals surface area contributed by atoms with Crippen LogP contribution in [0.4, 0.5) is 0 Å². The number of hydrogen-bond donors (Lipinski definition) is 0. The lowest BCUT2D eigenvalue weighted by atomic mass is 10.0. The molecule has 0 N–H and O–H groups in total. The van der Waals surface area contributed by atoms with Gasteiger partial charge in [0.2, 0.25) is 0 Å². The van der Waals surface area contributed by atoms with Crippen LogP contribution < -0.4 is 9.47 Å². The largest absolute Gasteiger partial charge is 0.489 e. The zero-order chi connectivity index (χ0) is 27.6. The first-order valence-corrected chi connectivity index (χ1v) is 14.9. The second kappa shape index (κ2) is 13.9. The van der Waals surface area contributed by atoms with Gasteiger partial charge < -0.3 is 9.47 Å². The van der Waals surface area contributed by atoms with Gasteiger partial charge in [-0.25, -0.2) is 0 Å². The molecule has 0 aliphatic heterocycles. The van der Waals surface area contributed by atoms with Crippen molar-refractivity contribution >= 4 is 21.8 Å². The van der Waals surface area contributed by atoms with E-state index in [9.17, 15) is 0 Å². The SMILES string of the molecule is CCCCCCOc1c(OCCCCCC)c2cc(-c3ccccc3)cnc2c2ncc(-c3ccccc3)cc12. The summed E-state index contributed by atoms with van der Waals surface area (Å²) in [6, 6.07) is 25.1. The Morgan fingerprint density at radius 1 is 0.500 bits per heavy atom. The summed E-state index contributed by atoms with van der Waals surface area (Å²) in [6.07, 6.45) is 13.0. The van der Waals surface area contributed by atoms with E-state index < -0.39 is 0 Å². The van der Waals surface area contributed by atoms with Crippen molar-refractivity contribution in [2.24, 2.45) is 0 Å². The Balaban J connectivity index is 1.67. The molecule has 3 aromatic carbocycles. The maximum Gasteiger partial charge on any atom is 0.171 e. The van der Waals surface area contributed by atoms with Crippen molar-refractivity contribution in [3.8, 4) is 33.8 Å². The van der Waals surface area contributed by atoms with E-state index in [1.807, 2.05) is 24.5 Å². The lowest BCUT2D eigenvalue weighted by Crippen LogP contribution is -2.05. The van der Waals surface area contributed by atoms with Crippen molar-refractivity contribution < 1.29 is 9.47 Å². The van der Waals surface area contributed by atoms with E-state index in [1.165, 1.54) is 25.7 Å².